The zero-order valence-electron chi connectivity index (χ0n) is 14.1. The number of aliphatic imine (C=N–C) groups is 1. The Morgan fingerprint density at radius 1 is 1.27 bits per heavy atom. The molecule has 1 aromatic carbocycles. The zero-order chi connectivity index (χ0) is 17.5. The predicted octanol–water partition coefficient (Wildman–Crippen LogP) is 4.32. The summed E-state index contributed by atoms with van der Waals surface area (Å²) < 4.78 is 5.27. The molecule has 3 rings (SSSR count). The van der Waals surface area contributed by atoms with Crippen molar-refractivity contribution in [3.63, 3.8) is 0 Å². The summed E-state index contributed by atoms with van der Waals surface area (Å²) in [7, 11) is 0. The number of nitrogens with zero attached hydrogens (tertiary/aromatic N) is 3. The molecular weight excluding hydrogens is 485 g/mol. The number of guanidine groups is 1. The van der Waals surface area contributed by atoms with E-state index < -0.39 is 0 Å². The largest absolute Gasteiger partial charge is 0.357 e. The van der Waals surface area contributed by atoms with Gasteiger partial charge in [0.1, 0.15) is 6.54 Å². The number of nitrogens with one attached hydrogen (secondary N) is 2. The highest BCUT2D eigenvalue weighted by Crippen LogP contribution is 2.20. The highest BCUT2D eigenvalue weighted by molar-refractivity contribution is 14.0. The Labute approximate surface area is 178 Å². The van der Waals surface area contributed by atoms with Gasteiger partial charge in [0.15, 0.2) is 5.96 Å². The van der Waals surface area contributed by atoms with Gasteiger partial charge in [-0.3, -0.25) is 0 Å². The molecule has 6 nitrogen and oxygen atoms in total. The summed E-state index contributed by atoms with van der Waals surface area (Å²) >= 11 is 7.69. The highest BCUT2D eigenvalue weighted by atomic mass is 127. The fourth-order valence-corrected chi connectivity index (χ4v) is 2.97. The second-order valence-corrected chi connectivity index (χ2v) is 6.62. The van der Waals surface area contributed by atoms with E-state index >= 15 is 0 Å². The summed E-state index contributed by atoms with van der Waals surface area (Å²) in [4.78, 5) is 10.1. The molecule has 0 aliphatic carbocycles. The van der Waals surface area contributed by atoms with Crippen molar-refractivity contribution < 1.29 is 4.52 Å². The molecule has 26 heavy (non-hydrogen) atoms. The van der Waals surface area contributed by atoms with Crippen LogP contribution in [0.5, 0.6) is 0 Å². The molecule has 2 heterocycles. The summed E-state index contributed by atoms with van der Waals surface area (Å²) in [6.45, 7) is 3.81. The van der Waals surface area contributed by atoms with E-state index in [1.54, 1.807) is 23.5 Å². The van der Waals surface area contributed by atoms with Gasteiger partial charge in [-0.15, -0.1) is 35.3 Å². The van der Waals surface area contributed by atoms with Crippen molar-refractivity contribution in [2.24, 2.45) is 4.99 Å². The van der Waals surface area contributed by atoms with E-state index in [1.165, 1.54) is 4.88 Å². The Morgan fingerprint density at radius 3 is 2.88 bits per heavy atom. The molecule has 0 saturated heterocycles. The average molecular weight is 504 g/mol. The van der Waals surface area contributed by atoms with Crippen LogP contribution in [-0.2, 0) is 13.1 Å². The number of halogens is 2. The van der Waals surface area contributed by atoms with Gasteiger partial charge >= 0.3 is 0 Å². The lowest BCUT2D eigenvalue weighted by molar-refractivity contribution is 0.380. The van der Waals surface area contributed by atoms with Gasteiger partial charge in [-0.2, -0.15) is 4.98 Å². The number of hydrogen-bond donors (Lipinski definition) is 2. The first kappa shape index (κ1) is 20.7. The first-order valence-corrected chi connectivity index (χ1v) is 9.13. The van der Waals surface area contributed by atoms with Gasteiger partial charge in [-0.05, 0) is 30.5 Å². The predicted molar refractivity (Wildman–Crippen MR) is 116 cm³/mol. The maximum atomic E-state index is 5.99. The van der Waals surface area contributed by atoms with Crippen LogP contribution in [0.3, 0.4) is 0 Å². The quantitative estimate of drug-likeness (QED) is 0.298. The minimum atomic E-state index is 0. The van der Waals surface area contributed by atoms with E-state index in [2.05, 4.69) is 37.2 Å². The topological polar surface area (TPSA) is 75.3 Å². The fraction of sp³-hybridized carbons (Fsp3) is 0.235. The Morgan fingerprint density at radius 2 is 2.15 bits per heavy atom. The Balaban J connectivity index is 0.00000243. The molecule has 2 aromatic heterocycles. The first-order chi connectivity index (χ1) is 12.2. The Hall–Kier alpha value is -1.65. The average Bonchev–Trinajstić information content (AvgIpc) is 3.29. The standard InChI is InChI=1S/C17H18ClN5OS.HI/c1-2-19-17(20-10-14-7-4-8-25-14)21-11-15-22-16(23-24-15)12-5-3-6-13(18)9-12;/h3-9H,2,10-11H2,1H3,(H2,19,20,21);1H. The number of aromatic nitrogens is 2. The third-order valence-electron chi connectivity index (χ3n) is 3.28. The third-order valence-corrected chi connectivity index (χ3v) is 4.39. The van der Waals surface area contributed by atoms with Crippen LogP contribution in [0.2, 0.25) is 5.02 Å². The van der Waals surface area contributed by atoms with Crippen LogP contribution in [0.1, 0.15) is 17.7 Å². The van der Waals surface area contributed by atoms with E-state index in [1.807, 2.05) is 25.1 Å². The molecule has 0 unspecified atom stereocenters. The molecule has 0 atom stereocenters. The molecule has 0 spiro atoms. The second-order valence-electron chi connectivity index (χ2n) is 5.15. The van der Waals surface area contributed by atoms with Crippen LogP contribution < -0.4 is 10.6 Å². The first-order valence-electron chi connectivity index (χ1n) is 7.87. The Bertz CT molecular complexity index is 837. The SMILES string of the molecule is CCNC(=NCc1nc(-c2cccc(Cl)c2)no1)NCc1cccs1.I. The minimum Gasteiger partial charge on any atom is -0.357 e. The fourth-order valence-electron chi connectivity index (χ4n) is 2.14. The zero-order valence-corrected chi connectivity index (χ0v) is 18.0. The molecule has 0 saturated carbocycles. The smallest absolute Gasteiger partial charge is 0.248 e. The number of thiophene rings is 1. The molecule has 9 heteroatoms. The monoisotopic (exact) mass is 503 g/mol. The van der Waals surface area contributed by atoms with Crippen molar-refractivity contribution in [3.05, 3.63) is 57.6 Å². The van der Waals surface area contributed by atoms with Crippen LogP contribution >= 0.6 is 46.9 Å². The van der Waals surface area contributed by atoms with Crippen LogP contribution in [-0.4, -0.2) is 22.6 Å². The molecule has 0 aliphatic rings. The van der Waals surface area contributed by atoms with Crippen molar-refractivity contribution in [3.8, 4) is 11.4 Å². The normalized spacial score (nSPS) is 11.1. The van der Waals surface area contributed by atoms with Crippen molar-refractivity contribution in [2.75, 3.05) is 6.54 Å². The van der Waals surface area contributed by atoms with Crippen molar-refractivity contribution in [1.82, 2.24) is 20.8 Å². The van der Waals surface area contributed by atoms with Gasteiger partial charge < -0.3 is 15.2 Å². The van der Waals surface area contributed by atoms with Gasteiger partial charge in [-0.25, -0.2) is 4.99 Å². The van der Waals surface area contributed by atoms with Gasteiger partial charge in [-0.1, -0.05) is 35.0 Å². The van der Waals surface area contributed by atoms with Crippen LogP contribution in [0.15, 0.2) is 51.3 Å². The molecule has 0 amide bonds. The lowest BCUT2D eigenvalue weighted by Gasteiger charge is -2.09. The summed E-state index contributed by atoms with van der Waals surface area (Å²) in [6.07, 6.45) is 0. The molecule has 0 bridgehead atoms. The number of hydrogen-bond acceptors (Lipinski definition) is 5. The van der Waals surface area contributed by atoms with E-state index in [0.717, 1.165) is 18.7 Å². The van der Waals surface area contributed by atoms with Crippen molar-refractivity contribution in [1.29, 1.82) is 0 Å². The molecule has 2 N–H and O–H groups in total. The molecule has 0 aliphatic heterocycles. The summed E-state index contributed by atoms with van der Waals surface area (Å²) in [5.74, 6) is 1.66. The van der Waals surface area contributed by atoms with Gasteiger partial charge in [0.25, 0.3) is 0 Å². The summed E-state index contributed by atoms with van der Waals surface area (Å²) in [5.41, 5.74) is 0.814. The maximum Gasteiger partial charge on any atom is 0.248 e. The van der Waals surface area contributed by atoms with E-state index in [0.29, 0.717) is 29.2 Å². The van der Waals surface area contributed by atoms with E-state index in [9.17, 15) is 0 Å². The highest BCUT2D eigenvalue weighted by Gasteiger charge is 2.09. The van der Waals surface area contributed by atoms with Crippen LogP contribution in [0.25, 0.3) is 11.4 Å². The number of rotatable bonds is 6. The molecule has 0 fully saturated rings. The number of benzene rings is 1. The molecular formula is C17H19ClIN5OS. The lowest BCUT2D eigenvalue weighted by atomic mass is 10.2. The Kier molecular flexibility index (Phi) is 8.33. The molecule has 3 aromatic rings. The van der Waals surface area contributed by atoms with Gasteiger partial charge in [0.05, 0.1) is 6.54 Å². The van der Waals surface area contributed by atoms with E-state index in [4.69, 9.17) is 16.1 Å². The van der Waals surface area contributed by atoms with Crippen LogP contribution in [0.4, 0.5) is 0 Å². The van der Waals surface area contributed by atoms with E-state index in [-0.39, 0.29) is 24.0 Å². The van der Waals surface area contributed by atoms with Crippen molar-refractivity contribution >= 4 is 52.9 Å². The van der Waals surface area contributed by atoms with Crippen molar-refractivity contribution in [2.45, 2.75) is 20.0 Å². The van der Waals surface area contributed by atoms with Gasteiger partial charge in [0, 0.05) is 22.0 Å². The summed E-state index contributed by atoms with van der Waals surface area (Å²) in [5, 5.41) is 13.1. The van der Waals surface area contributed by atoms with Gasteiger partial charge in [0.2, 0.25) is 11.7 Å². The third kappa shape index (κ3) is 5.96. The molecule has 138 valence electrons. The minimum absolute atomic E-state index is 0. The lowest BCUT2D eigenvalue weighted by Crippen LogP contribution is -2.36. The summed E-state index contributed by atoms with van der Waals surface area (Å²) in [6, 6.07) is 11.4. The maximum absolute atomic E-state index is 5.99. The van der Waals surface area contributed by atoms with Crippen LogP contribution in [0, 0.1) is 0 Å². The molecule has 0 radical (unpaired) electrons. The second kappa shape index (κ2) is 10.5.